The van der Waals surface area contributed by atoms with Gasteiger partial charge in [-0.2, -0.15) is 0 Å². The first-order chi connectivity index (χ1) is 14.7. The molecule has 0 atom stereocenters. The van der Waals surface area contributed by atoms with Gasteiger partial charge in [0, 0.05) is 43.5 Å². The van der Waals surface area contributed by atoms with Crippen molar-refractivity contribution in [2.24, 2.45) is 0 Å². The van der Waals surface area contributed by atoms with Gasteiger partial charge in [0.05, 0.1) is 4.92 Å². The molecule has 1 aromatic carbocycles. The Kier molecular flexibility index (Phi) is 6.62. The third-order valence-corrected chi connectivity index (χ3v) is 5.15. The van der Waals surface area contributed by atoms with Gasteiger partial charge in [0.25, 0.3) is 11.6 Å². The molecule has 166 valence electrons. The Balaban J connectivity index is 1.61. The Bertz CT molecular complexity index is 955. The van der Waals surface area contributed by atoms with E-state index in [2.05, 4.69) is 5.32 Å². The second kappa shape index (κ2) is 9.20. The summed E-state index contributed by atoms with van der Waals surface area (Å²) in [5.74, 6) is -0.294. The molecule has 3 rings (SSSR count). The van der Waals surface area contributed by atoms with Gasteiger partial charge in [-0.3, -0.25) is 14.9 Å². The zero-order valence-electron chi connectivity index (χ0n) is 18.0. The van der Waals surface area contributed by atoms with Gasteiger partial charge in [-0.15, -0.1) is 0 Å². The van der Waals surface area contributed by atoms with Crippen molar-refractivity contribution in [2.45, 2.75) is 51.8 Å². The van der Waals surface area contributed by atoms with Crippen molar-refractivity contribution < 1.29 is 19.2 Å². The van der Waals surface area contributed by atoms with Gasteiger partial charge in [0.15, 0.2) is 0 Å². The number of piperidine rings is 1. The van der Waals surface area contributed by atoms with Gasteiger partial charge >= 0.3 is 6.09 Å². The fourth-order valence-electron chi connectivity index (χ4n) is 3.66. The van der Waals surface area contributed by atoms with Crippen LogP contribution in [-0.2, 0) is 11.3 Å². The van der Waals surface area contributed by atoms with E-state index >= 15 is 0 Å². The number of benzene rings is 1. The second-order valence-corrected chi connectivity index (χ2v) is 8.57. The van der Waals surface area contributed by atoms with Gasteiger partial charge in [-0.1, -0.05) is 18.2 Å². The van der Waals surface area contributed by atoms with Gasteiger partial charge < -0.3 is 19.5 Å². The molecule has 1 fully saturated rings. The van der Waals surface area contributed by atoms with E-state index in [0.29, 0.717) is 37.2 Å². The predicted molar refractivity (Wildman–Crippen MR) is 115 cm³/mol. The van der Waals surface area contributed by atoms with Gasteiger partial charge in [-0.25, -0.2) is 4.79 Å². The molecule has 9 nitrogen and oxygen atoms in total. The van der Waals surface area contributed by atoms with E-state index in [4.69, 9.17) is 4.74 Å². The van der Waals surface area contributed by atoms with Crippen molar-refractivity contribution in [1.29, 1.82) is 0 Å². The number of hydrogen-bond acceptors (Lipinski definition) is 5. The number of aromatic nitrogens is 1. The van der Waals surface area contributed by atoms with Crippen LogP contribution in [0.1, 0.15) is 55.7 Å². The molecule has 0 unspecified atom stereocenters. The van der Waals surface area contributed by atoms with Crippen LogP contribution in [0.25, 0.3) is 0 Å². The largest absolute Gasteiger partial charge is 0.444 e. The van der Waals surface area contributed by atoms with Crippen molar-refractivity contribution >= 4 is 17.7 Å². The molecule has 2 amide bonds. The minimum atomic E-state index is -0.534. The molecular formula is C22H28N4O5. The summed E-state index contributed by atoms with van der Waals surface area (Å²) >= 11 is 0. The highest BCUT2D eigenvalue weighted by molar-refractivity contribution is 5.92. The van der Waals surface area contributed by atoms with Gasteiger partial charge in [0.2, 0.25) is 0 Å². The fourth-order valence-corrected chi connectivity index (χ4v) is 3.66. The number of carbonyl (C=O) groups is 2. The van der Waals surface area contributed by atoms with Crippen molar-refractivity contribution in [3.63, 3.8) is 0 Å². The number of para-hydroxylation sites is 1. The van der Waals surface area contributed by atoms with Crippen LogP contribution in [0.5, 0.6) is 0 Å². The smallest absolute Gasteiger partial charge is 0.410 e. The van der Waals surface area contributed by atoms with E-state index in [1.807, 2.05) is 31.5 Å². The second-order valence-electron chi connectivity index (χ2n) is 8.57. The van der Waals surface area contributed by atoms with E-state index in [9.17, 15) is 19.7 Å². The number of likely N-dealkylation sites (tertiary alicyclic amines) is 1. The molecule has 1 N–H and O–H groups in total. The Morgan fingerprint density at radius 1 is 1.16 bits per heavy atom. The Morgan fingerprint density at radius 2 is 1.84 bits per heavy atom. The van der Waals surface area contributed by atoms with Crippen LogP contribution in [0, 0.1) is 10.1 Å². The quantitative estimate of drug-likeness (QED) is 0.574. The molecule has 0 aliphatic carbocycles. The fraction of sp³-hybridized carbons (Fsp3) is 0.455. The summed E-state index contributed by atoms with van der Waals surface area (Å²) in [6, 6.07) is 9.97. The molecular weight excluding hydrogens is 400 g/mol. The first-order valence-corrected chi connectivity index (χ1v) is 10.3. The summed E-state index contributed by atoms with van der Waals surface area (Å²) in [5.41, 5.74) is 0.389. The van der Waals surface area contributed by atoms with Crippen LogP contribution in [0.3, 0.4) is 0 Å². The average Bonchev–Trinajstić information content (AvgIpc) is 3.21. The molecule has 0 saturated carbocycles. The van der Waals surface area contributed by atoms with Gasteiger partial charge in [-0.05, 0) is 45.7 Å². The van der Waals surface area contributed by atoms with E-state index < -0.39 is 10.5 Å². The molecule has 2 heterocycles. The number of nitro benzene ring substituents is 1. The number of hydrogen-bond donors (Lipinski definition) is 1. The molecule has 1 aliphatic rings. The first-order valence-electron chi connectivity index (χ1n) is 10.3. The molecule has 1 aromatic heterocycles. The highest BCUT2D eigenvalue weighted by atomic mass is 16.6. The first kappa shape index (κ1) is 22.3. The lowest BCUT2D eigenvalue weighted by atomic mass is 10.0. The third kappa shape index (κ3) is 5.62. The van der Waals surface area contributed by atoms with E-state index in [0.717, 1.165) is 0 Å². The predicted octanol–water partition coefficient (Wildman–Crippen LogP) is 3.90. The standard InChI is InChI=1S/C22H28N4O5/c1-22(2,3)31-21(28)24-13-10-17(11-14-24)25-12-6-9-19(25)20(27)23-15-16-7-4-5-8-18(16)26(29)30/h4-9,12,17H,10-11,13-15H2,1-3H3,(H,23,27). The summed E-state index contributed by atoms with van der Waals surface area (Å²) < 4.78 is 7.35. The zero-order valence-corrected chi connectivity index (χ0v) is 18.0. The highest BCUT2D eigenvalue weighted by Gasteiger charge is 2.28. The maximum Gasteiger partial charge on any atom is 0.410 e. The minimum absolute atomic E-state index is 0.0207. The molecule has 9 heteroatoms. The SMILES string of the molecule is CC(C)(C)OC(=O)N1CCC(n2cccc2C(=O)NCc2ccccc2[N+](=O)[O-])CC1. The number of carbonyl (C=O) groups excluding carboxylic acids is 2. The van der Waals surface area contributed by atoms with Crippen molar-refractivity contribution in [3.8, 4) is 0 Å². The number of nitro groups is 1. The lowest BCUT2D eigenvalue weighted by Crippen LogP contribution is -2.42. The molecule has 0 bridgehead atoms. The number of ether oxygens (including phenoxy) is 1. The number of nitrogens with zero attached hydrogens (tertiary/aromatic N) is 3. The Labute approximate surface area is 181 Å². The van der Waals surface area contributed by atoms with Crippen molar-refractivity contribution in [2.75, 3.05) is 13.1 Å². The third-order valence-electron chi connectivity index (χ3n) is 5.15. The maximum absolute atomic E-state index is 12.8. The van der Waals surface area contributed by atoms with Crippen LogP contribution >= 0.6 is 0 Å². The molecule has 2 aromatic rings. The summed E-state index contributed by atoms with van der Waals surface area (Å²) in [6.45, 7) is 6.69. The van der Waals surface area contributed by atoms with Crippen LogP contribution in [0.2, 0.25) is 0 Å². The Morgan fingerprint density at radius 3 is 2.48 bits per heavy atom. The number of nitrogens with one attached hydrogen (secondary N) is 1. The van der Waals surface area contributed by atoms with Crippen molar-refractivity contribution in [1.82, 2.24) is 14.8 Å². The number of amides is 2. The molecule has 0 spiro atoms. The number of rotatable bonds is 5. The summed E-state index contributed by atoms with van der Waals surface area (Å²) in [6.07, 6.45) is 2.95. The zero-order chi connectivity index (χ0) is 22.6. The average molecular weight is 428 g/mol. The molecule has 0 radical (unpaired) electrons. The van der Waals surface area contributed by atoms with Crippen LogP contribution in [0.15, 0.2) is 42.6 Å². The van der Waals surface area contributed by atoms with Crippen LogP contribution < -0.4 is 5.32 Å². The lowest BCUT2D eigenvalue weighted by molar-refractivity contribution is -0.385. The summed E-state index contributed by atoms with van der Waals surface area (Å²) in [7, 11) is 0. The van der Waals surface area contributed by atoms with E-state index in [-0.39, 0.29) is 30.3 Å². The molecule has 1 saturated heterocycles. The van der Waals surface area contributed by atoms with E-state index in [1.165, 1.54) is 6.07 Å². The summed E-state index contributed by atoms with van der Waals surface area (Å²) in [5, 5.41) is 13.9. The lowest BCUT2D eigenvalue weighted by Gasteiger charge is -2.34. The van der Waals surface area contributed by atoms with E-state index in [1.54, 1.807) is 35.2 Å². The minimum Gasteiger partial charge on any atom is -0.444 e. The highest BCUT2D eigenvalue weighted by Crippen LogP contribution is 2.26. The maximum atomic E-state index is 12.8. The summed E-state index contributed by atoms with van der Waals surface area (Å²) in [4.78, 5) is 37.4. The van der Waals surface area contributed by atoms with Gasteiger partial charge in [0.1, 0.15) is 11.3 Å². The topological polar surface area (TPSA) is 107 Å². The van der Waals surface area contributed by atoms with Crippen LogP contribution in [-0.4, -0.2) is 45.1 Å². The van der Waals surface area contributed by atoms with Crippen LogP contribution in [0.4, 0.5) is 10.5 Å². The Hall–Kier alpha value is -3.36. The monoisotopic (exact) mass is 428 g/mol. The molecule has 1 aliphatic heterocycles. The molecule has 31 heavy (non-hydrogen) atoms. The normalized spacial score (nSPS) is 14.9. The van der Waals surface area contributed by atoms with Crippen molar-refractivity contribution in [3.05, 3.63) is 64.0 Å².